The predicted molar refractivity (Wildman–Crippen MR) is 48.8 cm³/mol. The molecule has 1 fully saturated rings. The van der Waals surface area contributed by atoms with Gasteiger partial charge in [0.1, 0.15) is 0 Å². The lowest BCUT2D eigenvalue weighted by atomic mass is 9.92. The molecule has 3 heteroatoms. The highest BCUT2D eigenvalue weighted by molar-refractivity contribution is 6.09. The smallest absolute Gasteiger partial charge is 0.157 e. The Kier molecular flexibility index (Phi) is 1.11. The second-order valence-corrected chi connectivity index (χ2v) is 3.54. The SMILES string of the molecule is C1=CC2=NCC3CCNC23N=C1. The van der Waals surface area contributed by atoms with Crippen LogP contribution in [0.2, 0.25) is 0 Å². The van der Waals surface area contributed by atoms with Gasteiger partial charge in [-0.3, -0.25) is 15.3 Å². The summed E-state index contributed by atoms with van der Waals surface area (Å²) in [6, 6.07) is 0. The zero-order chi connectivity index (χ0) is 8.02. The van der Waals surface area contributed by atoms with Gasteiger partial charge in [-0.1, -0.05) is 0 Å². The standard InChI is InChI=1S/C9H11N3/c1-2-8-9(11-4-1)7(6-10-8)3-5-12-9/h1-2,4,7,12H,3,5-6H2. The molecule has 0 radical (unpaired) electrons. The molecule has 3 aliphatic heterocycles. The summed E-state index contributed by atoms with van der Waals surface area (Å²) < 4.78 is 0. The third kappa shape index (κ3) is 0.607. The van der Waals surface area contributed by atoms with Crippen LogP contribution in [0.25, 0.3) is 0 Å². The van der Waals surface area contributed by atoms with E-state index in [0.29, 0.717) is 5.92 Å². The summed E-state index contributed by atoms with van der Waals surface area (Å²) in [7, 11) is 0. The van der Waals surface area contributed by atoms with Crippen LogP contribution in [0, 0.1) is 5.92 Å². The molecule has 0 aromatic heterocycles. The van der Waals surface area contributed by atoms with Crippen molar-refractivity contribution in [1.82, 2.24) is 5.32 Å². The van der Waals surface area contributed by atoms with Crippen LogP contribution < -0.4 is 5.32 Å². The summed E-state index contributed by atoms with van der Waals surface area (Å²) in [6.07, 6.45) is 7.13. The first-order valence-corrected chi connectivity index (χ1v) is 4.44. The number of allylic oxidation sites excluding steroid dienone is 1. The molecular formula is C9H11N3. The van der Waals surface area contributed by atoms with Crippen molar-refractivity contribution >= 4 is 11.9 Å². The maximum absolute atomic E-state index is 4.53. The number of aliphatic imine (C=N–C) groups is 2. The number of hydrogen-bond donors (Lipinski definition) is 1. The molecule has 1 spiro atoms. The molecular weight excluding hydrogens is 150 g/mol. The molecule has 2 atom stereocenters. The van der Waals surface area contributed by atoms with Crippen molar-refractivity contribution in [2.75, 3.05) is 13.1 Å². The molecule has 0 saturated carbocycles. The van der Waals surface area contributed by atoms with Crippen molar-refractivity contribution in [3.63, 3.8) is 0 Å². The minimum absolute atomic E-state index is 0.116. The summed E-state index contributed by atoms with van der Waals surface area (Å²) in [5.41, 5.74) is 1.02. The molecule has 12 heavy (non-hydrogen) atoms. The number of nitrogens with one attached hydrogen (secondary N) is 1. The Morgan fingerprint density at radius 2 is 2.58 bits per heavy atom. The Hall–Kier alpha value is -0.960. The van der Waals surface area contributed by atoms with Gasteiger partial charge in [0.15, 0.2) is 5.66 Å². The minimum Gasteiger partial charge on any atom is -0.288 e. The average Bonchev–Trinajstić information content (AvgIpc) is 2.59. The van der Waals surface area contributed by atoms with Crippen LogP contribution in [0.3, 0.4) is 0 Å². The van der Waals surface area contributed by atoms with Crippen LogP contribution in [-0.2, 0) is 0 Å². The Balaban J connectivity index is 2.12. The second-order valence-electron chi connectivity index (χ2n) is 3.54. The fraction of sp³-hybridized carbons (Fsp3) is 0.556. The fourth-order valence-electron chi connectivity index (χ4n) is 2.33. The molecule has 3 nitrogen and oxygen atoms in total. The van der Waals surface area contributed by atoms with E-state index >= 15 is 0 Å². The molecule has 3 aliphatic rings. The summed E-state index contributed by atoms with van der Waals surface area (Å²) in [6.45, 7) is 2.03. The van der Waals surface area contributed by atoms with Crippen molar-refractivity contribution in [3.8, 4) is 0 Å². The maximum atomic E-state index is 4.53. The monoisotopic (exact) mass is 161 g/mol. The van der Waals surface area contributed by atoms with Crippen LogP contribution in [-0.4, -0.2) is 30.7 Å². The number of dihydropyridines is 1. The van der Waals surface area contributed by atoms with Gasteiger partial charge >= 0.3 is 0 Å². The third-order valence-electron chi connectivity index (χ3n) is 2.97. The van der Waals surface area contributed by atoms with E-state index in [4.69, 9.17) is 0 Å². The van der Waals surface area contributed by atoms with E-state index in [1.54, 1.807) is 0 Å². The first-order chi connectivity index (χ1) is 5.92. The maximum Gasteiger partial charge on any atom is 0.157 e. The Morgan fingerprint density at radius 1 is 1.58 bits per heavy atom. The van der Waals surface area contributed by atoms with Gasteiger partial charge in [-0.15, -0.1) is 0 Å². The van der Waals surface area contributed by atoms with E-state index in [2.05, 4.69) is 21.4 Å². The number of rotatable bonds is 0. The van der Waals surface area contributed by atoms with Crippen LogP contribution in [0.4, 0.5) is 0 Å². The van der Waals surface area contributed by atoms with E-state index in [1.807, 2.05) is 12.3 Å². The van der Waals surface area contributed by atoms with Crippen molar-refractivity contribution < 1.29 is 0 Å². The summed E-state index contributed by atoms with van der Waals surface area (Å²) in [4.78, 5) is 9.02. The molecule has 0 aliphatic carbocycles. The zero-order valence-corrected chi connectivity index (χ0v) is 6.83. The first-order valence-electron chi connectivity index (χ1n) is 4.44. The predicted octanol–water partition coefficient (Wildman–Crippen LogP) is 0.387. The summed E-state index contributed by atoms with van der Waals surface area (Å²) >= 11 is 0. The molecule has 1 N–H and O–H groups in total. The fourth-order valence-corrected chi connectivity index (χ4v) is 2.33. The largest absolute Gasteiger partial charge is 0.288 e. The molecule has 1 saturated heterocycles. The van der Waals surface area contributed by atoms with Crippen LogP contribution in [0.15, 0.2) is 22.1 Å². The summed E-state index contributed by atoms with van der Waals surface area (Å²) in [5.74, 6) is 0.605. The van der Waals surface area contributed by atoms with E-state index in [9.17, 15) is 0 Å². The van der Waals surface area contributed by atoms with Crippen molar-refractivity contribution in [1.29, 1.82) is 0 Å². The third-order valence-corrected chi connectivity index (χ3v) is 2.97. The highest BCUT2D eigenvalue weighted by Crippen LogP contribution is 2.36. The molecule has 2 unspecified atom stereocenters. The minimum atomic E-state index is -0.116. The number of hydrogen-bond acceptors (Lipinski definition) is 3. The van der Waals surface area contributed by atoms with Gasteiger partial charge in [0, 0.05) is 18.7 Å². The molecule has 0 amide bonds. The summed E-state index contributed by atoms with van der Waals surface area (Å²) in [5, 5.41) is 3.45. The number of nitrogens with zero attached hydrogens (tertiary/aromatic N) is 2. The normalized spacial score (nSPS) is 42.7. The van der Waals surface area contributed by atoms with Crippen LogP contribution in [0.1, 0.15) is 6.42 Å². The van der Waals surface area contributed by atoms with Gasteiger partial charge in [0.05, 0.1) is 5.71 Å². The van der Waals surface area contributed by atoms with Gasteiger partial charge < -0.3 is 0 Å². The van der Waals surface area contributed by atoms with Gasteiger partial charge in [-0.2, -0.15) is 0 Å². The van der Waals surface area contributed by atoms with Gasteiger partial charge in [-0.05, 0) is 25.1 Å². The van der Waals surface area contributed by atoms with Crippen molar-refractivity contribution in [2.45, 2.75) is 12.1 Å². The first kappa shape index (κ1) is 6.54. The van der Waals surface area contributed by atoms with E-state index in [-0.39, 0.29) is 5.66 Å². The van der Waals surface area contributed by atoms with Crippen LogP contribution >= 0.6 is 0 Å². The highest BCUT2D eigenvalue weighted by atomic mass is 15.2. The Bertz CT molecular complexity index is 303. The highest BCUT2D eigenvalue weighted by Gasteiger charge is 2.49. The molecule has 0 aromatic rings. The van der Waals surface area contributed by atoms with E-state index in [0.717, 1.165) is 18.8 Å². The van der Waals surface area contributed by atoms with Crippen LogP contribution in [0.5, 0.6) is 0 Å². The average molecular weight is 161 g/mol. The van der Waals surface area contributed by atoms with Gasteiger partial charge in [0.25, 0.3) is 0 Å². The van der Waals surface area contributed by atoms with Gasteiger partial charge in [-0.25, -0.2) is 0 Å². The van der Waals surface area contributed by atoms with Crippen molar-refractivity contribution in [3.05, 3.63) is 12.2 Å². The Morgan fingerprint density at radius 3 is 3.58 bits per heavy atom. The lowest BCUT2D eigenvalue weighted by Gasteiger charge is -2.27. The van der Waals surface area contributed by atoms with E-state index in [1.165, 1.54) is 6.42 Å². The second kappa shape index (κ2) is 2.04. The molecule has 0 bridgehead atoms. The zero-order valence-electron chi connectivity index (χ0n) is 6.83. The van der Waals surface area contributed by atoms with E-state index < -0.39 is 0 Å². The molecule has 3 heterocycles. The Labute approximate surface area is 71.3 Å². The lowest BCUT2D eigenvalue weighted by molar-refractivity contribution is 0.428. The lowest BCUT2D eigenvalue weighted by Crippen LogP contribution is -2.48. The molecule has 0 aromatic carbocycles. The van der Waals surface area contributed by atoms with Crippen molar-refractivity contribution in [2.24, 2.45) is 15.9 Å². The van der Waals surface area contributed by atoms with Gasteiger partial charge in [0.2, 0.25) is 0 Å². The molecule has 62 valence electrons. The quantitative estimate of drug-likeness (QED) is 0.548. The topological polar surface area (TPSA) is 36.8 Å². The molecule has 3 rings (SSSR count).